The molecule has 0 bridgehead atoms. The Balaban J connectivity index is 1.78. The molecule has 0 atom stereocenters. The number of benzene rings is 1. The molecule has 1 aromatic carbocycles. The van der Waals surface area contributed by atoms with Crippen molar-refractivity contribution in [3.05, 3.63) is 34.9 Å². The first-order valence-electron chi connectivity index (χ1n) is 8.88. The van der Waals surface area contributed by atoms with Gasteiger partial charge in [0.1, 0.15) is 0 Å². The van der Waals surface area contributed by atoms with Crippen molar-refractivity contribution in [1.29, 1.82) is 0 Å². The first-order valence-corrected chi connectivity index (χ1v) is 8.88. The van der Waals surface area contributed by atoms with E-state index < -0.39 is 35.0 Å². The molecular formula is C18H20F6N2O. The molecule has 27 heavy (non-hydrogen) atoms. The molecule has 1 amide bonds. The molecule has 2 aliphatic rings. The van der Waals surface area contributed by atoms with Crippen LogP contribution in [0.4, 0.5) is 26.3 Å². The largest absolute Gasteiger partial charge is 0.416 e. The lowest BCUT2D eigenvalue weighted by Crippen LogP contribution is -2.51. The van der Waals surface area contributed by atoms with Crippen molar-refractivity contribution in [1.82, 2.24) is 9.80 Å². The van der Waals surface area contributed by atoms with Gasteiger partial charge in [0.2, 0.25) is 0 Å². The minimum atomic E-state index is -4.96. The summed E-state index contributed by atoms with van der Waals surface area (Å²) in [5, 5.41) is 0. The highest BCUT2D eigenvalue weighted by Gasteiger charge is 2.38. The van der Waals surface area contributed by atoms with Gasteiger partial charge in [-0.1, -0.05) is 12.8 Å². The van der Waals surface area contributed by atoms with Crippen molar-refractivity contribution < 1.29 is 31.1 Å². The van der Waals surface area contributed by atoms with Crippen LogP contribution in [0.2, 0.25) is 0 Å². The zero-order chi connectivity index (χ0) is 19.8. The van der Waals surface area contributed by atoms with Gasteiger partial charge in [0, 0.05) is 37.8 Å². The van der Waals surface area contributed by atoms with E-state index in [1.54, 1.807) is 0 Å². The number of hydrogen-bond acceptors (Lipinski definition) is 2. The van der Waals surface area contributed by atoms with Crippen LogP contribution in [0.5, 0.6) is 0 Å². The summed E-state index contributed by atoms with van der Waals surface area (Å²) in [5.74, 6) is -0.794. The fourth-order valence-electron chi connectivity index (χ4n) is 3.82. The molecule has 9 heteroatoms. The molecule has 0 unspecified atom stereocenters. The molecule has 1 saturated heterocycles. The molecule has 1 aliphatic heterocycles. The predicted molar refractivity (Wildman–Crippen MR) is 86.2 cm³/mol. The van der Waals surface area contributed by atoms with E-state index in [0.29, 0.717) is 44.4 Å². The molecule has 0 spiro atoms. The summed E-state index contributed by atoms with van der Waals surface area (Å²) in [4.78, 5) is 16.1. The van der Waals surface area contributed by atoms with Gasteiger partial charge < -0.3 is 4.90 Å². The highest BCUT2D eigenvalue weighted by Crippen LogP contribution is 2.36. The lowest BCUT2D eigenvalue weighted by Gasteiger charge is -2.38. The first kappa shape index (κ1) is 20.0. The zero-order valence-electron chi connectivity index (χ0n) is 14.5. The van der Waals surface area contributed by atoms with E-state index >= 15 is 0 Å². The summed E-state index contributed by atoms with van der Waals surface area (Å²) >= 11 is 0. The smallest absolute Gasteiger partial charge is 0.336 e. The summed E-state index contributed by atoms with van der Waals surface area (Å²) in [6.45, 7) is 1.77. The van der Waals surface area contributed by atoms with Crippen molar-refractivity contribution in [2.45, 2.75) is 44.1 Å². The van der Waals surface area contributed by atoms with E-state index in [4.69, 9.17) is 0 Å². The normalized spacial score (nSPS) is 20.3. The Hall–Kier alpha value is -1.77. The van der Waals surface area contributed by atoms with E-state index in [0.717, 1.165) is 25.7 Å². The fraction of sp³-hybridized carbons (Fsp3) is 0.611. The molecular weight excluding hydrogens is 374 g/mol. The third kappa shape index (κ3) is 4.56. The van der Waals surface area contributed by atoms with E-state index in [1.165, 1.54) is 4.90 Å². The average molecular weight is 394 g/mol. The van der Waals surface area contributed by atoms with Crippen LogP contribution in [-0.4, -0.2) is 47.9 Å². The molecule has 1 aliphatic carbocycles. The summed E-state index contributed by atoms with van der Waals surface area (Å²) in [6.07, 6.45) is -5.41. The number of hydrogen-bond donors (Lipinski definition) is 0. The molecule has 1 saturated carbocycles. The Morgan fingerprint density at radius 2 is 1.30 bits per heavy atom. The van der Waals surface area contributed by atoms with E-state index in [-0.39, 0.29) is 6.07 Å². The second-order valence-corrected chi connectivity index (χ2v) is 7.06. The van der Waals surface area contributed by atoms with Gasteiger partial charge in [0.15, 0.2) is 0 Å². The molecule has 150 valence electrons. The fourth-order valence-corrected chi connectivity index (χ4v) is 3.82. The molecule has 2 fully saturated rings. The van der Waals surface area contributed by atoms with Crippen LogP contribution in [-0.2, 0) is 12.4 Å². The van der Waals surface area contributed by atoms with E-state index in [9.17, 15) is 31.1 Å². The van der Waals surface area contributed by atoms with Crippen molar-refractivity contribution in [2.24, 2.45) is 0 Å². The zero-order valence-corrected chi connectivity index (χ0v) is 14.5. The van der Waals surface area contributed by atoms with Crippen molar-refractivity contribution in [3.8, 4) is 0 Å². The first-order chi connectivity index (χ1) is 12.6. The van der Waals surface area contributed by atoms with Crippen LogP contribution in [0.15, 0.2) is 18.2 Å². The highest BCUT2D eigenvalue weighted by atomic mass is 19.4. The van der Waals surface area contributed by atoms with Crippen LogP contribution in [0.25, 0.3) is 0 Å². The predicted octanol–water partition coefficient (Wildman–Crippen LogP) is 4.42. The molecule has 3 rings (SSSR count). The maximum Gasteiger partial charge on any atom is 0.416 e. The summed E-state index contributed by atoms with van der Waals surface area (Å²) < 4.78 is 77.8. The second-order valence-electron chi connectivity index (χ2n) is 7.06. The quantitative estimate of drug-likeness (QED) is 0.693. The summed E-state index contributed by atoms with van der Waals surface area (Å²) in [5.41, 5.74) is -3.51. The molecule has 0 aromatic heterocycles. The van der Waals surface area contributed by atoms with Gasteiger partial charge in [0.25, 0.3) is 5.91 Å². The van der Waals surface area contributed by atoms with Crippen molar-refractivity contribution >= 4 is 5.91 Å². The van der Waals surface area contributed by atoms with E-state index in [2.05, 4.69) is 4.90 Å². The van der Waals surface area contributed by atoms with Crippen LogP contribution in [0.1, 0.15) is 47.2 Å². The monoisotopic (exact) mass is 394 g/mol. The van der Waals surface area contributed by atoms with Gasteiger partial charge >= 0.3 is 12.4 Å². The maximum absolute atomic E-state index is 13.0. The van der Waals surface area contributed by atoms with Crippen LogP contribution < -0.4 is 0 Å². The van der Waals surface area contributed by atoms with Crippen molar-refractivity contribution in [2.75, 3.05) is 26.2 Å². The minimum Gasteiger partial charge on any atom is -0.336 e. The molecule has 0 N–H and O–H groups in total. The summed E-state index contributed by atoms with van der Waals surface area (Å²) in [6, 6.07) is 1.50. The molecule has 3 nitrogen and oxygen atoms in total. The number of carbonyl (C=O) groups is 1. The molecule has 1 heterocycles. The van der Waals surface area contributed by atoms with Gasteiger partial charge in [-0.25, -0.2) is 0 Å². The van der Waals surface area contributed by atoms with Gasteiger partial charge in [-0.2, -0.15) is 26.3 Å². The average Bonchev–Trinajstić information content (AvgIpc) is 3.14. The minimum absolute atomic E-state index is 0.0365. The van der Waals surface area contributed by atoms with E-state index in [1.807, 2.05) is 0 Å². The van der Waals surface area contributed by atoms with Crippen LogP contribution >= 0.6 is 0 Å². The number of nitrogens with zero attached hydrogens (tertiary/aromatic N) is 2. The molecule has 0 radical (unpaired) electrons. The number of amides is 1. The van der Waals surface area contributed by atoms with Crippen molar-refractivity contribution in [3.63, 3.8) is 0 Å². The Bertz CT molecular complexity index is 654. The lowest BCUT2D eigenvalue weighted by atomic mass is 10.0. The standard InChI is InChI=1S/C18H20F6N2O/c19-17(20,21)13-9-12(10-14(11-13)18(22,23)24)16(27)26-7-5-25(6-8-26)15-3-1-2-4-15/h9-11,15H,1-8H2. The number of piperazine rings is 1. The van der Waals surface area contributed by atoms with Crippen LogP contribution in [0, 0.1) is 0 Å². The number of halogens is 6. The Labute approximate surface area is 152 Å². The topological polar surface area (TPSA) is 23.6 Å². The van der Waals surface area contributed by atoms with Gasteiger partial charge in [-0.15, -0.1) is 0 Å². The Kier molecular flexibility index (Phi) is 5.42. The number of carbonyl (C=O) groups excluding carboxylic acids is 1. The summed E-state index contributed by atoms with van der Waals surface area (Å²) in [7, 11) is 0. The van der Waals surface area contributed by atoms with Gasteiger partial charge in [0.05, 0.1) is 11.1 Å². The SMILES string of the molecule is O=C(c1cc(C(F)(F)F)cc(C(F)(F)F)c1)N1CCN(C2CCCC2)CC1. The number of alkyl halides is 6. The second kappa shape index (κ2) is 7.33. The molecule has 1 aromatic rings. The van der Waals surface area contributed by atoms with Gasteiger partial charge in [-0.05, 0) is 31.0 Å². The third-order valence-electron chi connectivity index (χ3n) is 5.28. The van der Waals surface area contributed by atoms with Crippen LogP contribution in [0.3, 0.4) is 0 Å². The van der Waals surface area contributed by atoms with Gasteiger partial charge in [-0.3, -0.25) is 9.69 Å². The highest BCUT2D eigenvalue weighted by molar-refractivity contribution is 5.94. The third-order valence-corrected chi connectivity index (χ3v) is 5.28. The maximum atomic E-state index is 13.0. The lowest BCUT2D eigenvalue weighted by molar-refractivity contribution is -0.143. The Morgan fingerprint density at radius 3 is 1.74 bits per heavy atom. The number of rotatable bonds is 2. The Morgan fingerprint density at radius 1 is 0.815 bits per heavy atom.